The van der Waals surface area contributed by atoms with E-state index >= 15 is 0 Å². The van der Waals surface area contributed by atoms with Gasteiger partial charge in [0, 0.05) is 7.05 Å². The van der Waals surface area contributed by atoms with Gasteiger partial charge in [0.05, 0.1) is 32.2 Å². The Labute approximate surface area is 180 Å². The molecular formula is C21H13Cl2N5O2. The number of fused-ring (bicyclic) bond motifs is 2. The molecule has 0 aliphatic heterocycles. The minimum Gasteiger partial charge on any atom is -0.327 e. The second-order valence-electron chi connectivity index (χ2n) is 6.62. The van der Waals surface area contributed by atoms with E-state index in [9.17, 15) is 4.79 Å². The van der Waals surface area contributed by atoms with E-state index < -0.39 is 5.97 Å². The molecule has 3 aromatic carbocycles. The van der Waals surface area contributed by atoms with Crippen LogP contribution < -0.4 is 4.84 Å². The number of carbonyl (C=O) groups excluding carboxylic acids is 1. The van der Waals surface area contributed by atoms with Crippen molar-refractivity contribution in [3.8, 4) is 11.4 Å². The Bertz CT molecular complexity index is 1420. The molecule has 9 heteroatoms. The first-order chi connectivity index (χ1) is 14.5. The molecule has 0 fully saturated rings. The zero-order valence-electron chi connectivity index (χ0n) is 15.6. The van der Waals surface area contributed by atoms with E-state index in [1.165, 1.54) is 0 Å². The first-order valence-electron chi connectivity index (χ1n) is 8.97. The van der Waals surface area contributed by atoms with E-state index in [0.717, 1.165) is 10.4 Å². The van der Waals surface area contributed by atoms with E-state index in [1.807, 2.05) is 23.7 Å². The van der Waals surface area contributed by atoms with Crippen LogP contribution in [0.15, 0.2) is 60.7 Å². The number of benzene rings is 3. The molecule has 0 unspecified atom stereocenters. The van der Waals surface area contributed by atoms with E-state index in [-0.39, 0.29) is 0 Å². The summed E-state index contributed by atoms with van der Waals surface area (Å²) in [6.45, 7) is 0. The van der Waals surface area contributed by atoms with Crippen LogP contribution in [0.4, 0.5) is 0 Å². The van der Waals surface area contributed by atoms with Crippen LogP contribution in [0.1, 0.15) is 10.4 Å². The third-order valence-corrected chi connectivity index (χ3v) is 5.42. The number of imidazole rings is 1. The monoisotopic (exact) mass is 437 g/mol. The Kier molecular flexibility index (Phi) is 4.42. The molecule has 0 aliphatic rings. The standard InChI is InChI=1S/C21H13Cl2N5O2/c1-27-17-10-9-12(21(29)30-28-18-8-3-2-7-15(18)25-26-28)11-16(17)24-20(27)19-13(22)5-4-6-14(19)23/h2-11H,1H3. The number of aromatic nitrogens is 5. The van der Waals surface area contributed by atoms with E-state index in [0.29, 0.717) is 43.5 Å². The highest BCUT2D eigenvalue weighted by atomic mass is 35.5. The van der Waals surface area contributed by atoms with Gasteiger partial charge in [0.15, 0.2) is 0 Å². The SMILES string of the molecule is Cn1c(-c2c(Cl)cccc2Cl)nc2cc(C(=O)On3nnc4ccccc43)ccc21. The molecule has 0 amide bonds. The van der Waals surface area contributed by atoms with Crippen LogP contribution in [-0.2, 0) is 7.05 Å². The van der Waals surface area contributed by atoms with Gasteiger partial charge in [-0.15, -0.1) is 5.10 Å². The molecule has 0 aliphatic carbocycles. The summed E-state index contributed by atoms with van der Waals surface area (Å²) < 4.78 is 1.88. The summed E-state index contributed by atoms with van der Waals surface area (Å²) >= 11 is 12.7. The highest BCUT2D eigenvalue weighted by Crippen LogP contribution is 2.35. The molecule has 0 radical (unpaired) electrons. The summed E-state index contributed by atoms with van der Waals surface area (Å²) in [5, 5.41) is 8.85. The Balaban J connectivity index is 1.53. The fourth-order valence-corrected chi connectivity index (χ4v) is 3.87. The average molecular weight is 438 g/mol. The molecule has 0 atom stereocenters. The van der Waals surface area contributed by atoms with Crippen LogP contribution in [0, 0.1) is 0 Å². The van der Waals surface area contributed by atoms with Crippen LogP contribution in [0.25, 0.3) is 33.5 Å². The lowest BCUT2D eigenvalue weighted by Gasteiger charge is -2.07. The summed E-state index contributed by atoms with van der Waals surface area (Å²) in [5.74, 6) is 0.0314. The van der Waals surface area contributed by atoms with Crippen LogP contribution in [0.5, 0.6) is 0 Å². The van der Waals surface area contributed by atoms with Gasteiger partial charge in [-0.05, 0) is 47.7 Å². The van der Waals surface area contributed by atoms with Crippen molar-refractivity contribution in [3.05, 3.63) is 76.3 Å². The largest absolute Gasteiger partial charge is 0.365 e. The molecule has 0 saturated carbocycles. The lowest BCUT2D eigenvalue weighted by molar-refractivity contribution is 0.0409. The fraction of sp³-hybridized carbons (Fsp3) is 0.0476. The lowest BCUT2D eigenvalue weighted by Crippen LogP contribution is -2.21. The summed E-state index contributed by atoms with van der Waals surface area (Å²) in [6.07, 6.45) is 0. The van der Waals surface area contributed by atoms with E-state index in [2.05, 4.69) is 15.3 Å². The molecule has 2 aromatic heterocycles. The number of aryl methyl sites for hydroxylation is 1. The van der Waals surface area contributed by atoms with Crippen molar-refractivity contribution in [1.82, 2.24) is 24.7 Å². The van der Waals surface area contributed by atoms with Gasteiger partial charge in [-0.2, -0.15) is 0 Å². The zero-order chi connectivity index (χ0) is 20.8. The van der Waals surface area contributed by atoms with Crippen LogP contribution in [0.2, 0.25) is 10.0 Å². The predicted octanol–water partition coefficient (Wildman–Crippen LogP) is 4.56. The van der Waals surface area contributed by atoms with Gasteiger partial charge in [-0.25, -0.2) is 9.78 Å². The normalized spacial score (nSPS) is 11.3. The molecule has 0 spiro atoms. The van der Waals surface area contributed by atoms with Crippen LogP contribution >= 0.6 is 23.2 Å². The second kappa shape index (κ2) is 7.12. The summed E-state index contributed by atoms with van der Waals surface area (Å²) in [7, 11) is 1.86. The minimum atomic E-state index is -0.574. The van der Waals surface area contributed by atoms with E-state index in [4.69, 9.17) is 28.0 Å². The van der Waals surface area contributed by atoms with Crippen molar-refractivity contribution >= 4 is 51.2 Å². The average Bonchev–Trinajstić information content (AvgIpc) is 3.29. The second-order valence-corrected chi connectivity index (χ2v) is 7.44. The van der Waals surface area contributed by atoms with Crippen LogP contribution in [0.3, 0.4) is 0 Å². The topological polar surface area (TPSA) is 74.8 Å². The van der Waals surface area contributed by atoms with Gasteiger partial charge in [0.2, 0.25) is 0 Å². The van der Waals surface area contributed by atoms with Crippen molar-refractivity contribution in [2.75, 3.05) is 0 Å². The Hall–Kier alpha value is -3.42. The van der Waals surface area contributed by atoms with Crippen molar-refractivity contribution in [2.45, 2.75) is 0 Å². The summed E-state index contributed by atoms with van der Waals surface area (Å²) in [5.41, 5.74) is 3.63. The first-order valence-corrected chi connectivity index (χ1v) is 9.72. The fourth-order valence-electron chi connectivity index (χ4n) is 3.31. The van der Waals surface area contributed by atoms with Crippen LogP contribution in [-0.4, -0.2) is 30.7 Å². The molecule has 5 aromatic rings. The third kappa shape index (κ3) is 2.99. The van der Waals surface area contributed by atoms with E-state index in [1.54, 1.807) is 48.5 Å². The Morgan fingerprint density at radius 3 is 2.50 bits per heavy atom. The van der Waals surface area contributed by atoms with Gasteiger partial charge in [0.1, 0.15) is 16.9 Å². The van der Waals surface area contributed by atoms with Gasteiger partial charge in [-0.1, -0.05) is 46.2 Å². The zero-order valence-corrected chi connectivity index (χ0v) is 17.1. The maximum absolute atomic E-state index is 12.7. The maximum Gasteiger partial charge on any atom is 0.365 e. The molecule has 30 heavy (non-hydrogen) atoms. The molecule has 0 N–H and O–H groups in total. The van der Waals surface area contributed by atoms with Crippen molar-refractivity contribution in [2.24, 2.45) is 7.05 Å². The predicted molar refractivity (Wildman–Crippen MR) is 115 cm³/mol. The van der Waals surface area contributed by atoms with Gasteiger partial charge >= 0.3 is 5.97 Å². The quantitative estimate of drug-likeness (QED) is 0.386. The molecule has 0 bridgehead atoms. The Morgan fingerprint density at radius 1 is 0.933 bits per heavy atom. The summed E-state index contributed by atoms with van der Waals surface area (Å²) in [6, 6.07) is 17.6. The molecule has 5 rings (SSSR count). The number of nitrogens with zero attached hydrogens (tertiary/aromatic N) is 5. The molecule has 148 valence electrons. The Morgan fingerprint density at radius 2 is 1.70 bits per heavy atom. The van der Waals surface area contributed by atoms with Crippen molar-refractivity contribution in [1.29, 1.82) is 0 Å². The minimum absolute atomic E-state index is 0.331. The number of halogens is 2. The lowest BCUT2D eigenvalue weighted by atomic mass is 10.2. The number of hydrogen-bond acceptors (Lipinski definition) is 5. The number of rotatable bonds is 3. The number of para-hydroxylation sites is 1. The third-order valence-electron chi connectivity index (χ3n) is 4.79. The molecule has 2 heterocycles. The maximum atomic E-state index is 12.7. The molecule has 7 nitrogen and oxygen atoms in total. The molecule has 0 saturated heterocycles. The van der Waals surface area contributed by atoms with Crippen molar-refractivity contribution in [3.63, 3.8) is 0 Å². The number of carbonyl (C=O) groups is 1. The summed E-state index contributed by atoms with van der Waals surface area (Å²) in [4.78, 5) is 23.8. The first kappa shape index (κ1) is 18.6. The van der Waals surface area contributed by atoms with Gasteiger partial charge < -0.3 is 9.40 Å². The van der Waals surface area contributed by atoms with Gasteiger partial charge in [0.25, 0.3) is 0 Å². The number of hydrogen-bond donors (Lipinski definition) is 0. The highest BCUT2D eigenvalue weighted by molar-refractivity contribution is 6.39. The molecular weight excluding hydrogens is 425 g/mol. The van der Waals surface area contributed by atoms with Gasteiger partial charge in [-0.3, -0.25) is 0 Å². The van der Waals surface area contributed by atoms with Crippen molar-refractivity contribution < 1.29 is 9.63 Å². The highest BCUT2D eigenvalue weighted by Gasteiger charge is 2.18. The smallest absolute Gasteiger partial charge is 0.327 e.